The van der Waals surface area contributed by atoms with Gasteiger partial charge in [-0.15, -0.1) is 0 Å². The van der Waals surface area contributed by atoms with Crippen molar-refractivity contribution in [2.75, 3.05) is 13.1 Å². The Bertz CT molecular complexity index is 84.9. The molecule has 1 saturated heterocycles. The molecule has 0 atom stereocenters. The summed E-state index contributed by atoms with van der Waals surface area (Å²) in [6, 6.07) is 0. The summed E-state index contributed by atoms with van der Waals surface area (Å²) in [5.74, 6) is 0.214. The monoisotopic (exact) mass is 99.1 g/mol. The van der Waals surface area contributed by atoms with E-state index in [9.17, 15) is 0 Å². The summed E-state index contributed by atoms with van der Waals surface area (Å²) in [4.78, 5) is 1.83. The van der Waals surface area contributed by atoms with Crippen LogP contribution < -0.4 is 5.73 Å². The summed E-state index contributed by atoms with van der Waals surface area (Å²) in [7, 11) is 0. The summed E-state index contributed by atoms with van der Waals surface area (Å²) in [6.45, 7) is 1.96. The van der Waals surface area contributed by atoms with E-state index in [1.54, 1.807) is 0 Å². The van der Waals surface area contributed by atoms with Crippen LogP contribution in [0.2, 0.25) is 0 Å². The molecule has 0 aromatic rings. The van der Waals surface area contributed by atoms with Crippen molar-refractivity contribution in [2.24, 2.45) is 5.73 Å². The van der Waals surface area contributed by atoms with Crippen LogP contribution in [-0.2, 0) is 0 Å². The molecule has 40 valence electrons. The predicted octanol–water partition coefficient (Wildman–Crippen LogP) is -0.414. The van der Waals surface area contributed by atoms with Crippen LogP contribution in [0.5, 0.6) is 0 Å². The summed E-state index contributed by atoms with van der Waals surface area (Å²) in [5, 5.41) is 6.86. The van der Waals surface area contributed by atoms with Gasteiger partial charge in [0.15, 0.2) is 5.96 Å². The van der Waals surface area contributed by atoms with Crippen molar-refractivity contribution < 1.29 is 0 Å². The molecule has 0 aromatic heterocycles. The fourth-order valence-electron chi connectivity index (χ4n) is 0.557. The zero-order valence-corrected chi connectivity index (χ0v) is 4.15. The molecule has 0 spiro atoms. The van der Waals surface area contributed by atoms with E-state index in [1.165, 1.54) is 6.42 Å². The smallest absolute Gasteiger partial charge is 0.188 e. The quantitative estimate of drug-likeness (QED) is 0.320. The molecule has 3 heteroatoms. The van der Waals surface area contributed by atoms with E-state index < -0.39 is 0 Å². The van der Waals surface area contributed by atoms with Crippen LogP contribution in [0.4, 0.5) is 0 Å². The molecule has 0 amide bonds. The minimum atomic E-state index is 0.214. The molecule has 0 aliphatic carbocycles. The van der Waals surface area contributed by atoms with E-state index in [0.29, 0.717) is 0 Å². The molecule has 0 aromatic carbocycles. The maximum Gasteiger partial charge on any atom is 0.188 e. The molecule has 1 heterocycles. The van der Waals surface area contributed by atoms with Crippen LogP contribution in [-0.4, -0.2) is 23.9 Å². The lowest BCUT2D eigenvalue weighted by Crippen LogP contribution is -2.45. The Labute approximate surface area is 42.6 Å². The van der Waals surface area contributed by atoms with Gasteiger partial charge in [-0.05, 0) is 6.42 Å². The molecule has 0 bridgehead atoms. The van der Waals surface area contributed by atoms with E-state index >= 15 is 0 Å². The highest BCUT2D eigenvalue weighted by molar-refractivity contribution is 5.75. The first kappa shape index (κ1) is 4.43. The predicted molar refractivity (Wildman–Crippen MR) is 28.1 cm³/mol. The Morgan fingerprint density at radius 2 is 2.14 bits per heavy atom. The number of nitrogens with two attached hydrogens (primary N) is 1. The van der Waals surface area contributed by atoms with Crippen molar-refractivity contribution in [3.05, 3.63) is 0 Å². The Morgan fingerprint density at radius 3 is 2.14 bits per heavy atom. The Kier molecular flexibility index (Phi) is 0.889. The SMILES string of the molecule is N=C(N)N1CCC1. The molecule has 3 nitrogen and oxygen atoms in total. The molecule has 7 heavy (non-hydrogen) atoms. The molecular weight excluding hydrogens is 90.1 g/mol. The van der Waals surface area contributed by atoms with Crippen LogP contribution in [0, 0.1) is 5.41 Å². The van der Waals surface area contributed by atoms with Gasteiger partial charge in [0.25, 0.3) is 0 Å². The third kappa shape index (κ3) is 0.656. The highest BCUT2D eigenvalue weighted by Crippen LogP contribution is 2.02. The van der Waals surface area contributed by atoms with Gasteiger partial charge in [0.2, 0.25) is 0 Å². The van der Waals surface area contributed by atoms with Crippen LogP contribution in [0.15, 0.2) is 0 Å². The van der Waals surface area contributed by atoms with Crippen LogP contribution in [0.3, 0.4) is 0 Å². The topological polar surface area (TPSA) is 53.1 Å². The van der Waals surface area contributed by atoms with Gasteiger partial charge in [0, 0.05) is 13.1 Å². The second-order valence-electron chi connectivity index (χ2n) is 1.73. The molecular formula is C4H9N3. The second kappa shape index (κ2) is 1.40. The maximum atomic E-state index is 6.86. The van der Waals surface area contributed by atoms with Crippen molar-refractivity contribution >= 4 is 5.96 Å². The van der Waals surface area contributed by atoms with E-state index in [-0.39, 0.29) is 5.96 Å². The number of rotatable bonds is 0. The molecule has 0 saturated carbocycles. The van der Waals surface area contributed by atoms with Crippen molar-refractivity contribution in [3.8, 4) is 0 Å². The highest BCUT2D eigenvalue weighted by Gasteiger charge is 2.13. The second-order valence-corrected chi connectivity index (χ2v) is 1.73. The van der Waals surface area contributed by atoms with Crippen molar-refractivity contribution in [1.82, 2.24) is 4.90 Å². The van der Waals surface area contributed by atoms with E-state index in [0.717, 1.165) is 13.1 Å². The molecule has 0 unspecified atom stereocenters. The standard InChI is InChI=1S/C4H9N3/c5-4(6)7-2-1-3-7/h1-3H2,(H3,5,6). The third-order valence-electron chi connectivity index (χ3n) is 1.20. The van der Waals surface area contributed by atoms with Gasteiger partial charge in [0.1, 0.15) is 0 Å². The van der Waals surface area contributed by atoms with Gasteiger partial charge >= 0.3 is 0 Å². The van der Waals surface area contributed by atoms with Crippen LogP contribution in [0.25, 0.3) is 0 Å². The van der Waals surface area contributed by atoms with E-state index in [4.69, 9.17) is 11.1 Å². The van der Waals surface area contributed by atoms with Gasteiger partial charge in [-0.1, -0.05) is 0 Å². The average Bonchev–Trinajstić information content (AvgIpc) is 1.23. The third-order valence-corrected chi connectivity index (χ3v) is 1.20. The number of guanidine groups is 1. The van der Waals surface area contributed by atoms with Gasteiger partial charge in [-0.2, -0.15) is 0 Å². The zero-order chi connectivity index (χ0) is 5.28. The number of hydrogen-bond acceptors (Lipinski definition) is 1. The number of hydrogen-bond donors (Lipinski definition) is 2. The Hall–Kier alpha value is -0.730. The largest absolute Gasteiger partial charge is 0.370 e. The minimum Gasteiger partial charge on any atom is -0.370 e. The first-order chi connectivity index (χ1) is 3.30. The molecule has 1 rings (SSSR count). The summed E-state index contributed by atoms with van der Waals surface area (Å²) >= 11 is 0. The van der Waals surface area contributed by atoms with E-state index in [2.05, 4.69) is 0 Å². The first-order valence-electron chi connectivity index (χ1n) is 2.39. The molecule has 1 aliphatic heterocycles. The van der Waals surface area contributed by atoms with Crippen molar-refractivity contribution in [1.29, 1.82) is 5.41 Å². The van der Waals surface area contributed by atoms with Gasteiger partial charge in [0.05, 0.1) is 0 Å². The van der Waals surface area contributed by atoms with Crippen molar-refractivity contribution in [3.63, 3.8) is 0 Å². The van der Waals surface area contributed by atoms with Gasteiger partial charge in [-0.3, -0.25) is 5.41 Å². The molecule has 1 aliphatic rings. The van der Waals surface area contributed by atoms with Crippen molar-refractivity contribution in [2.45, 2.75) is 6.42 Å². The average molecular weight is 99.1 g/mol. The van der Waals surface area contributed by atoms with Crippen LogP contribution >= 0.6 is 0 Å². The number of nitrogens with one attached hydrogen (secondary N) is 1. The zero-order valence-electron chi connectivity index (χ0n) is 4.15. The molecule has 3 N–H and O–H groups in total. The Balaban J connectivity index is 2.27. The lowest BCUT2D eigenvalue weighted by molar-refractivity contribution is 0.295. The number of likely N-dealkylation sites (tertiary alicyclic amines) is 1. The fraction of sp³-hybridized carbons (Fsp3) is 0.750. The highest BCUT2D eigenvalue weighted by atomic mass is 15.3. The summed E-state index contributed by atoms with van der Waals surface area (Å²) < 4.78 is 0. The van der Waals surface area contributed by atoms with Gasteiger partial charge in [-0.25, -0.2) is 0 Å². The number of nitrogens with zero attached hydrogens (tertiary/aromatic N) is 1. The van der Waals surface area contributed by atoms with Crippen LogP contribution in [0.1, 0.15) is 6.42 Å². The Morgan fingerprint density at radius 1 is 1.57 bits per heavy atom. The summed E-state index contributed by atoms with van der Waals surface area (Å²) in [6.07, 6.45) is 1.19. The lowest BCUT2D eigenvalue weighted by Gasteiger charge is -2.30. The first-order valence-corrected chi connectivity index (χ1v) is 2.39. The lowest BCUT2D eigenvalue weighted by atomic mass is 10.2. The van der Waals surface area contributed by atoms with Gasteiger partial charge < -0.3 is 10.6 Å². The minimum absolute atomic E-state index is 0.214. The molecule has 0 radical (unpaired) electrons. The maximum absolute atomic E-state index is 6.86. The molecule has 1 fully saturated rings. The normalized spacial score (nSPS) is 18.6. The fourth-order valence-corrected chi connectivity index (χ4v) is 0.557. The van der Waals surface area contributed by atoms with E-state index in [1.807, 2.05) is 4.90 Å². The summed E-state index contributed by atoms with van der Waals surface area (Å²) in [5.41, 5.74) is 5.11.